The van der Waals surface area contributed by atoms with Crippen molar-refractivity contribution < 1.29 is 19.1 Å². The highest BCUT2D eigenvalue weighted by Crippen LogP contribution is 2.27. The van der Waals surface area contributed by atoms with Crippen LogP contribution < -0.4 is 10.6 Å². The monoisotopic (exact) mass is 503 g/mol. The van der Waals surface area contributed by atoms with Crippen LogP contribution in [0.3, 0.4) is 0 Å². The highest BCUT2D eigenvalue weighted by Gasteiger charge is 2.36. The molecule has 36 heavy (non-hydrogen) atoms. The Balaban J connectivity index is 3.29. The number of amides is 3. The molecule has 1 aromatic carbocycles. The van der Waals surface area contributed by atoms with Crippen molar-refractivity contribution in [1.82, 2.24) is 15.5 Å². The molecule has 0 heterocycles. The lowest BCUT2D eigenvalue weighted by Gasteiger charge is -2.36. The zero-order valence-corrected chi connectivity index (χ0v) is 24.0. The second-order valence-corrected chi connectivity index (χ2v) is 11.7. The molecule has 2 N–H and O–H groups in total. The van der Waals surface area contributed by atoms with Gasteiger partial charge < -0.3 is 20.3 Å². The molecule has 7 heteroatoms. The summed E-state index contributed by atoms with van der Waals surface area (Å²) >= 11 is 0. The molecule has 0 bridgehead atoms. The minimum atomic E-state index is -0.853. The van der Waals surface area contributed by atoms with Gasteiger partial charge in [-0.25, -0.2) is 4.79 Å². The lowest BCUT2D eigenvalue weighted by molar-refractivity contribution is -0.142. The van der Waals surface area contributed by atoms with Crippen molar-refractivity contribution >= 4 is 17.9 Å². The van der Waals surface area contributed by atoms with Gasteiger partial charge >= 0.3 is 6.09 Å². The molecule has 0 aliphatic heterocycles. The zero-order valence-electron chi connectivity index (χ0n) is 24.0. The molecule has 2 atom stereocenters. The lowest BCUT2D eigenvalue weighted by atomic mass is 9.96. The lowest BCUT2D eigenvalue weighted by Crippen LogP contribution is -2.54. The van der Waals surface area contributed by atoms with E-state index in [4.69, 9.17) is 4.74 Å². The summed E-state index contributed by atoms with van der Waals surface area (Å²) in [6, 6.07) is 5.99. The number of carbonyl (C=O) groups excluding carboxylic acids is 3. The minimum Gasteiger partial charge on any atom is -0.444 e. The number of rotatable bonds is 12. The summed E-state index contributed by atoms with van der Waals surface area (Å²) in [6.07, 6.45) is 5.70. The topological polar surface area (TPSA) is 87.7 Å². The number of carbonyl (C=O) groups is 3. The number of benzene rings is 1. The Labute approximate surface area is 218 Å². The van der Waals surface area contributed by atoms with Gasteiger partial charge in [0.05, 0.1) is 0 Å². The number of ether oxygens (including phenoxy) is 1. The summed E-state index contributed by atoms with van der Waals surface area (Å²) < 4.78 is 5.35. The summed E-state index contributed by atoms with van der Waals surface area (Å²) in [4.78, 5) is 41.4. The van der Waals surface area contributed by atoms with Crippen molar-refractivity contribution in [2.75, 3.05) is 6.54 Å². The standard InChI is InChI=1S/C29H49N3O4/c1-10-11-12-13-14-17-20-32(26(34)22(3)30-27(35)36-29(7,8)9)24(25(33)31-28(4,5)6)23-19-16-15-18-21(23)2/h15-16,18-19,22,24H,10-14,17,20H2,1-9H3,(H,30,35)(H,31,33). The molecule has 0 saturated heterocycles. The van der Waals surface area contributed by atoms with Crippen LogP contribution in [0.25, 0.3) is 0 Å². The van der Waals surface area contributed by atoms with Crippen molar-refractivity contribution in [1.29, 1.82) is 0 Å². The Kier molecular flexibility index (Phi) is 12.4. The van der Waals surface area contributed by atoms with Crippen LogP contribution in [0.4, 0.5) is 4.79 Å². The number of unbranched alkanes of at least 4 members (excludes halogenated alkanes) is 5. The van der Waals surface area contributed by atoms with Gasteiger partial charge in [0, 0.05) is 12.1 Å². The SMILES string of the molecule is CCCCCCCCN(C(=O)C(C)NC(=O)OC(C)(C)C)C(C(=O)NC(C)(C)C)c1ccccc1C. The van der Waals surface area contributed by atoms with Crippen LogP contribution in [0, 0.1) is 6.92 Å². The third-order valence-electron chi connectivity index (χ3n) is 5.68. The number of hydrogen-bond donors (Lipinski definition) is 2. The average molecular weight is 504 g/mol. The van der Waals surface area contributed by atoms with Gasteiger partial charge in [-0.15, -0.1) is 0 Å². The van der Waals surface area contributed by atoms with E-state index in [2.05, 4.69) is 17.6 Å². The van der Waals surface area contributed by atoms with E-state index in [0.717, 1.165) is 36.8 Å². The zero-order chi connectivity index (χ0) is 27.5. The Morgan fingerprint density at radius 1 is 0.944 bits per heavy atom. The van der Waals surface area contributed by atoms with Crippen molar-refractivity contribution in [3.05, 3.63) is 35.4 Å². The van der Waals surface area contributed by atoms with Crippen LogP contribution >= 0.6 is 0 Å². The molecule has 3 amide bonds. The fraction of sp³-hybridized carbons (Fsp3) is 0.690. The van der Waals surface area contributed by atoms with E-state index in [9.17, 15) is 14.4 Å². The van der Waals surface area contributed by atoms with E-state index in [0.29, 0.717) is 6.54 Å². The quantitative estimate of drug-likeness (QED) is 0.340. The molecular formula is C29H49N3O4. The van der Waals surface area contributed by atoms with Crippen molar-refractivity contribution in [3.63, 3.8) is 0 Å². The molecule has 2 unspecified atom stereocenters. The summed E-state index contributed by atoms with van der Waals surface area (Å²) in [5, 5.41) is 5.72. The predicted octanol–water partition coefficient (Wildman–Crippen LogP) is 6.05. The summed E-state index contributed by atoms with van der Waals surface area (Å²) in [5.41, 5.74) is 0.567. The number of nitrogens with zero attached hydrogens (tertiary/aromatic N) is 1. The highest BCUT2D eigenvalue weighted by atomic mass is 16.6. The highest BCUT2D eigenvalue weighted by molar-refractivity contribution is 5.92. The molecule has 0 spiro atoms. The van der Waals surface area contributed by atoms with E-state index in [-0.39, 0.29) is 11.8 Å². The van der Waals surface area contributed by atoms with Crippen LogP contribution in [-0.4, -0.2) is 46.5 Å². The van der Waals surface area contributed by atoms with Gasteiger partial charge in [0.2, 0.25) is 11.8 Å². The first-order chi connectivity index (χ1) is 16.7. The molecule has 0 saturated carbocycles. The number of alkyl carbamates (subject to hydrolysis) is 1. The average Bonchev–Trinajstić information content (AvgIpc) is 2.73. The van der Waals surface area contributed by atoms with Crippen LogP contribution in [0.15, 0.2) is 24.3 Å². The minimum absolute atomic E-state index is 0.236. The van der Waals surface area contributed by atoms with Crippen LogP contribution in [0.5, 0.6) is 0 Å². The molecule has 0 radical (unpaired) electrons. The van der Waals surface area contributed by atoms with Gasteiger partial charge in [-0.2, -0.15) is 0 Å². The molecule has 1 aromatic rings. The van der Waals surface area contributed by atoms with Gasteiger partial charge in [-0.3, -0.25) is 9.59 Å². The fourth-order valence-corrected chi connectivity index (χ4v) is 4.01. The van der Waals surface area contributed by atoms with Gasteiger partial charge in [0.1, 0.15) is 17.7 Å². The largest absolute Gasteiger partial charge is 0.444 e. The van der Waals surface area contributed by atoms with E-state index in [1.54, 1.807) is 32.6 Å². The second kappa shape index (κ2) is 14.2. The Hall–Kier alpha value is -2.57. The van der Waals surface area contributed by atoms with Crippen molar-refractivity contribution in [2.45, 2.75) is 124 Å². The number of aryl methyl sites for hydroxylation is 1. The molecule has 0 aliphatic carbocycles. The summed E-state index contributed by atoms with van der Waals surface area (Å²) in [5.74, 6) is -0.549. The first-order valence-corrected chi connectivity index (χ1v) is 13.3. The molecule has 1 rings (SSSR count). The van der Waals surface area contributed by atoms with Gasteiger partial charge in [-0.1, -0.05) is 63.3 Å². The molecular weight excluding hydrogens is 454 g/mol. The maximum absolute atomic E-state index is 13.8. The third-order valence-corrected chi connectivity index (χ3v) is 5.68. The summed E-state index contributed by atoms with van der Waals surface area (Å²) in [7, 11) is 0. The van der Waals surface area contributed by atoms with E-state index < -0.39 is 29.3 Å². The number of hydrogen-bond acceptors (Lipinski definition) is 4. The third kappa shape index (κ3) is 11.4. The van der Waals surface area contributed by atoms with Crippen LogP contribution in [-0.2, 0) is 14.3 Å². The van der Waals surface area contributed by atoms with Gasteiger partial charge in [-0.05, 0) is 72.9 Å². The van der Waals surface area contributed by atoms with Crippen molar-refractivity contribution in [3.8, 4) is 0 Å². The van der Waals surface area contributed by atoms with Crippen LogP contribution in [0.1, 0.15) is 111 Å². The van der Waals surface area contributed by atoms with Gasteiger partial charge in [0.15, 0.2) is 0 Å². The normalized spacial score (nSPS) is 13.5. The molecule has 204 valence electrons. The maximum atomic E-state index is 13.8. The first-order valence-electron chi connectivity index (χ1n) is 13.3. The van der Waals surface area contributed by atoms with E-state index in [1.165, 1.54) is 12.8 Å². The van der Waals surface area contributed by atoms with E-state index >= 15 is 0 Å². The molecule has 0 aromatic heterocycles. The fourth-order valence-electron chi connectivity index (χ4n) is 4.01. The van der Waals surface area contributed by atoms with Crippen molar-refractivity contribution in [2.24, 2.45) is 0 Å². The summed E-state index contributed by atoms with van der Waals surface area (Å²) in [6.45, 7) is 17.3. The number of nitrogens with one attached hydrogen (secondary N) is 2. The molecule has 0 aliphatic rings. The Bertz CT molecular complexity index is 855. The second-order valence-electron chi connectivity index (χ2n) is 11.7. The van der Waals surface area contributed by atoms with E-state index in [1.807, 2.05) is 52.0 Å². The molecule has 7 nitrogen and oxygen atoms in total. The maximum Gasteiger partial charge on any atom is 0.408 e. The Morgan fingerprint density at radius 3 is 2.08 bits per heavy atom. The molecule has 0 fully saturated rings. The van der Waals surface area contributed by atoms with Gasteiger partial charge in [0.25, 0.3) is 0 Å². The smallest absolute Gasteiger partial charge is 0.408 e. The Morgan fingerprint density at radius 2 is 1.53 bits per heavy atom. The van der Waals surface area contributed by atoms with Crippen LogP contribution in [0.2, 0.25) is 0 Å². The predicted molar refractivity (Wildman–Crippen MR) is 146 cm³/mol. The first kappa shape index (κ1) is 31.5.